The van der Waals surface area contributed by atoms with Gasteiger partial charge >= 0.3 is 6.18 Å². The van der Waals surface area contributed by atoms with Crippen molar-refractivity contribution in [1.82, 2.24) is 10.8 Å². The van der Waals surface area contributed by atoms with Gasteiger partial charge < -0.3 is 5.32 Å². The summed E-state index contributed by atoms with van der Waals surface area (Å²) in [6.07, 6.45) is 3.31. The van der Waals surface area contributed by atoms with Gasteiger partial charge in [0.15, 0.2) is 11.7 Å². The number of nitrogens with one attached hydrogen (secondary N) is 2. The maximum Gasteiger partial charge on any atom is 0.394 e. The number of carbonyl (C=O) groups excluding carboxylic acids is 1. The van der Waals surface area contributed by atoms with Crippen LogP contribution in [0.2, 0.25) is 0 Å². The lowest BCUT2D eigenvalue weighted by molar-refractivity contribution is -0.156. The Hall–Kier alpha value is -2.42. The van der Waals surface area contributed by atoms with Crippen molar-refractivity contribution in [2.24, 2.45) is 11.8 Å². The monoisotopic (exact) mass is 478 g/mol. The van der Waals surface area contributed by atoms with Crippen molar-refractivity contribution < 1.29 is 31.6 Å². The van der Waals surface area contributed by atoms with E-state index in [4.69, 9.17) is 4.84 Å². The highest BCUT2D eigenvalue weighted by molar-refractivity contribution is 5.80. The van der Waals surface area contributed by atoms with E-state index in [1.807, 2.05) is 20.8 Å². The molecule has 188 valence electrons. The lowest BCUT2D eigenvalue weighted by Gasteiger charge is -2.14. The Morgan fingerprint density at radius 3 is 2.36 bits per heavy atom. The highest BCUT2D eigenvalue weighted by atomic mass is 19.4. The molecule has 0 aliphatic carbocycles. The van der Waals surface area contributed by atoms with Crippen LogP contribution < -0.4 is 10.8 Å². The first-order valence-electron chi connectivity index (χ1n) is 10.9. The first kappa shape index (κ1) is 30.6. The second-order valence-electron chi connectivity index (χ2n) is 7.73. The number of amides is 1. The summed E-state index contributed by atoms with van der Waals surface area (Å²) in [6.45, 7) is 10.7. The Balaban J connectivity index is 5.50. The van der Waals surface area contributed by atoms with Crippen molar-refractivity contribution in [3.8, 4) is 0 Å². The molecule has 4 nitrogen and oxygen atoms in total. The molecule has 9 heteroatoms. The number of allylic oxidation sites excluding steroid dienone is 7. The smallest absolute Gasteiger partial charge is 0.310 e. The van der Waals surface area contributed by atoms with Crippen LogP contribution in [-0.2, 0) is 9.63 Å². The SMILES string of the molecule is C=C/C=C(\CCC)CC(=O)N\C(=C/C(F)=C(F)/C=C\C(C)C(F)(F)F)NOCCC(C)CC. The molecule has 2 N–H and O–H groups in total. The third kappa shape index (κ3) is 14.4. The molecule has 33 heavy (non-hydrogen) atoms. The number of carbonyl (C=O) groups is 1. The molecule has 0 heterocycles. The predicted molar refractivity (Wildman–Crippen MR) is 121 cm³/mol. The van der Waals surface area contributed by atoms with Gasteiger partial charge in [0.1, 0.15) is 5.82 Å². The molecule has 0 saturated heterocycles. The van der Waals surface area contributed by atoms with Gasteiger partial charge in [-0.25, -0.2) is 8.78 Å². The fraction of sp³-hybridized carbons (Fsp3) is 0.542. The van der Waals surface area contributed by atoms with Gasteiger partial charge in [-0.1, -0.05) is 70.9 Å². The molecule has 0 aromatic heterocycles. The Labute approximate surface area is 193 Å². The normalized spacial score (nSPS) is 15.8. The van der Waals surface area contributed by atoms with Crippen LogP contribution in [0.25, 0.3) is 0 Å². The minimum Gasteiger partial charge on any atom is -0.310 e. The molecule has 1 amide bonds. The summed E-state index contributed by atoms with van der Waals surface area (Å²) >= 11 is 0. The van der Waals surface area contributed by atoms with E-state index in [0.717, 1.165) is 25.3 Å². The van der Waals surface area contributed by atoms with Gasteiger partial charge in [-0.05, 0) is 24.8 Å². The second-order valence-corrected chi connectivity index (χ2v) is 7.73. The van der Waals surface area contributed by atoms with E-state index in [9.17, 15) is 26.7 Å². The molecule has 0 aliphatic rings. The van der Waals surface area contributed by atoms with Gasteiger partial charge in [0.25, 0.3) is 0 Å². The quantitative estimate of drug-likeness (QED) is 0.114. The first-order chi connectivity index (χ1) is 15.4. The van der Waals surface area contributed by atoms with Crippen LogP contribution in [0.3, 0.4) is 0 Å². The molecular weight excluding hydrogens is 443 g/mol. The van der Waals surface area contributed by atoms with E-state index in [0.29, 0.717) is 37.0 Å². The van der Waals surface area contributed by atoms with E-state index < -0.39 is 29.7 Å². The van der Waals surface area contributed by atoms with E-state index in [1.165, 1.54) is 0 Å². The molecule has 0 fully saturated rings. The predicted octanol–water partition coefficient (Wildman–Crippen LogP) is 7.11. The van der Waals surface area contributed by atoms with Crippen LogP contribution in [0.15, 0.2) is 60.0 Å². The summed E-state index contributed by atoms with van der Waals surface area (Å²) in [5, 5.41) is 2.41. The molecule has 0 rings (SSSR count). The first-order valence-corrected chi connectivity index (χ1v) is 10.9. The van der Waals surface area contributed by atoms with Crippen molar-refractivity contribution in [3.05, 3.63) is 60.0 Å². The molecule has 0 bridgehead atoms. The molecule has 0 saturated carbocycles. The van der Waals surface area contributed by atoms with Gasteiger partial charge in [0, 0.05) is 12.5 Å². The molecular formula is C24H35F5N2O2. The van der Waals surface area contributed by atoms with Crippen molar-refractivity contribution >= 4 is 5.91 Å². The topological polar surface area (TPSA) is 50.4 Å². The van der Waals surface area contributed by atoms with Crippen molar-refractivity contribution in [2.75, 3.05) is 6.61 Å². The molecule has 0 aromatic rings. The van der Waals surface area contributed by atoms with E-state index in [2.05, 4.69) is 17.4 Å². The summed E-state index contributed by atoms with van der Waals surface area (Å²) in [5.41, 5.74) is 3.19. The average Bonchev–Trinajstić information content (AvgIpc) is 2.73. The maximum absolute atomic E-state index is 14.3. The lowest BCUT2D eigenvalue weighted by Crippen LogP contribution is -2.32. The minimum atomic E-state index is -4.57. The van der Waals surface area contributed by atoms with Crippen molar-refractivity contribution in [1.29, 1.82) is 0 Å². The molecule has 2 atom stereocenters. The molecule has 0 aliphatic heterocycles. The van der Waals surface area contributed by atoms with E-state index >= 15 is 0 Å². The summed E-state index contributed by atoms with van der Waals surface area (Å²) in [6, 6.07) is 0. The van der Waals surface area contributed by atoms with Gasteiger partial charge in [-0.2, -0.15) is 13.2 Å². The zero-order valence-corrected chi connectivity index (χ0v) is 19.7. The molecule has 0 radical (unpaired) electrons. The van der Waals surface area contributed by atoms with Crippen molar-refractivity contribution in [2.45, 2.75) is 66.0 Å². The maximum atomic E-state index is 14.3. The van der Waals surface area contributed by atoms with Crippen LogP contribution >= 0.6 is 0 Å². The van der Waals surface area contributed by atoms with Crippen LogP contribution in [0, 0.1) is 11.8 Å². The molecule has 0 spiro atoms. The lowest BCUT2D eigenvalue weighted by atomic mass is 10.1. The largest absolute Gasteiger partial charge is 0.394 e. The zero-order chi connectivity index (χ0) is 25.4. The Morgan fingerprint density at radius 2 is 1.82 bits per heavy atom. The summed E-state index contributed by atoms with van der Waals surface area (Å²) in [4.78, 5) is 17.6. The summed E-state index contributed by atoms with van der Waals surface area (Å²) < 4.78 is 65.9. The number of halogens is 5. The van der Waals surface area contributed by atoms with E-state index in [-0.39, 0.29) is 18.8 Å². The van der Waals surface area contributed by atoms with Crippen molar-refractivity contribution in [3.63, 3.8) is 0 Å². The number of hydroxylamine groups is 1. The van der Waals surface area contributed by atoms with Crippen LogP contribution in [-0.4, -0.2) is 18.7 Å². The minimum absolute atomic E-state index is 0.00254. The fourth-order valence-corrected chi connectivity index (χ4v) is 2.42. The number of rotatable bonds is 15. The number of hydrogen-bond donors (Lipinski definition) is 2. The highest BCUT2D eigenvalue weighted by Crippen LogP contribution is 2.27. The van der Waals surface area contributed by atoms with Crippen LogP contribution in [0.4, 0.5) is 22.0 Å². The Kier molecular flexibility index (Phi) is 15.0. The fourth-order valence-electron chi connectivity index (χ4n) is 2.42. The van der Waals surface area contributed by atoms with Gasteiger partial charge in [0.2, 0.25) is 5.91 Å². The zero-order valence-electron chi connectivity index (χ0n) is 19.7. The standard InChI is InChI=1S/C24H35F5N2O2/c1-6-9-19(10-7-2)15-23(32)30-22(31-33-14-13-17(4)8-3)16-21(26)20(25)12-11-18(5)24(27,28)29/h6,9,11-12,16-18,31H,1,7-8,10,13-15H2,2-5H3,(H,30,32)/b12-11-,19-9+,21-20+,22-16+. The van der Waals surface area contributed by atoms with Gasteiger partial charge in [-0.15, -0.1) is 0 Å². The van der Waals surface area contributed by atoms with Crippen LogP contribution in [0.1, 0.15) is 59.8 Å². The Morgan fingerprint density at radius 1 is 1.15 bits per heavy atom. The van der Waals surface area contributed by atoms with Crippen LogP contribution in [0.5, 0.6) is 0 Å². The summed E-state index contributed by atoms with van der Waals surface area (Å²) in [7, 11) is 0. The average molecular weight is 479 g/mol. The summed E-state index contributed by atoms with van der Waals surface area (Å²) in [5.74, 6) is -5.33. The number of hydrogen-bond acceptors (Lipinski definition) is 3. The molecule has 0 aromatic carbocycles. The second kappa shape index (κ2) is 16.2. The third-order valence-electron chi connectivity index (χ3n) is 4.72. The highest BCUT2D eigenvalue weighted by Gasteiger charge is 2.33. The van der Waals surface area contributed by atoms with E-state index in [1.54, 1.807) is 12.2 Å². The third-order valence-corrected chi connectivity index (χ3v) is 4.72. The van der Waals surface area contributed by atoms with Gasteiger partial charge in [0.05, 0.1) is 12.5 Å². The Bertz CT molecular complexity index is 740. The number of alkyl halides is 3. The van der Waals surface area contributed by atoms with Gasteiger partial charge in [-0.3, -0.25) is 15.1 Å². The molecule has 2 unspecified atom stereocenters.